The molecule has 0 fully saturated rings. The first-order chi connectivity index (χ1) is 11.0. The minimum absolute atomic E-state index is 0.0741. The zero-order valence-electron chi connectivity index (χ0n) is 13.9. The van der Waals surface area contributed by atoms with Crippen molar-refractivity contribution in [2.24, 2.45) is 0 Å². The van der Waals surface area contributed by atoms with Crippen molar-refractivity contribution in [3.63, 3.8) is 0 Å². The summed E-state index contributed by atoms with van der Waals surface area (Å²) in [4.78, 5) is 12.5. The second kappa shape index (κ2) is 5.92. The van der Waals surface area contributed by atoms with Gasteiger partial charge in [-0.15, -0.1) is 0 Å². The third kappa shape index (κ3) is 3.00. The van der Waals surface area contributed by atoms with Gasteiger partial charge in [0.25, 0.3) is 5.91 Å². The molecule has 3 rings (SSSR count). The maximum absolute atomic E-state index is 12.5. The molecule has 118 valence electrons. The summed E-state index contributed by atoms with van der Waals surface area (Å²) in [6, 6.07) is 13.6. The first-order valence-electron chi connectivity index (χ1n) is 7.83. The van der Waals surface area contributed by atoms with Gasteiger partial charge in [0.1, 0.15) is 5.58 Å². The van der Waals surface area contributed by atoms with Crippen molar-refractivity contribution < 1.29 is 9.21 Å². The van der Waals surface area contributed by atoms with Crippen LogP contribution in [0.15, 0.2) is 46.9 Å². The number of hydrogen-bond acceptors (Lipinski definition) is 2. The summed E-state index contributed by atoms with van der Waals surface area (Å²) in [7, 11) is 0. The molecule has 0 bridgehead atoms. The zero-order chi connectivity index (χ0) is 16.6. The molecule has 0 unspecified atom stereocenters. The second-order valence-electron chi connectivity index (χ2n) is 6.14. The van der Waals surface area contributed by atoms with Gasteiger partial charge in [-0.2, -0.15) is 0 Å². The number of aryl methyl sites for hydroxylation is 3. The van der Waals surface area contributed by atoms with E-state index in [0.717, 1.165) is 16.5 Å². The Morgan fingerprint density at radius 1 is 1.00 bits per heavy atom. The van der Waals surface area contributed by atoms with Gasteiger partial charge in [0, 0.05) is 5.39 Å². The van der Waals surface area contributed by atoms with Gasteiger partial charge >= 0.3 is 0 Å². The lowest BCUT2D eigenvalue weighted by molar-refractivity contribution is 0.0914. The fraction of sp³-hybridized carbons (Fsp3) is 0.250. The summed E-state index contributed by atoms with van der Waals surface area (Å²) in [5.74, 6) is 0.158. The Labute approximate surface area is 136 Å². The van der Waals surface area contributed by atoms with E-state index < -0.39 is 0 Å². The SMILES string of the molecule is Cc1cc(C)c([C@H](C)NC(=O)c2cc3ccccc3o2)cc1C. The first-order valence-corrected chi connectivity index (χ1v) is 7.83. The minimum Gasteiger partial charge on any atom is -0.451 e. The third-order valence-corrected chi connectivity index (χ3v) is 4.35. The van der Waals surface area contributed by atoms with Gasteiger partial charge in [-0.25, -0.2) is 0 Å². The van der Waals surface area contributed by atoms with E-state index in [1.807, 2.05) is 31.2 Å². The van der Waals surface area contributed by atoms with Crippen LogP contribution < -0.4 is 5.32 Å². The number of rotatable bonds is 3. The summed E-state index contributed by atoms with van der Waals surface area (Å²) in [6.45, 7) is 8.26. The van der Waals surface area contributed by atoms with Crippen molar-refractivity contribution in [2.45, 2.75) is 33.7 Å². The summed E-state index contributed by atoms with van der Waals surface area (Å²) < 4.78 is 5.63. The van der Waals surface area contributed by atoms with Gasteiger partial charge in [-0.05, 0) is 62.1 Å². The lowest BCUT2D eigenvalue weighted by Gasteiger charge is -2.17. The smallest absolute Gasteiger partial charge is 0.287 e. The molecule has 1 amide bonds. The summed E-state index contributed by atoms with van der Waals surface area (Å²) in [6.07, 6.45) is 0. The van der Waals surface area contributed by atoms with E-state index in [1.165, 1.54) is 16.7 Å². The van der Waals surface area contributed by atoms with Crippen LogP contribution in [-0.2, 0) is 0 Å². The molecule has 0 aliphatic rings. The maximum Gasteiger partial charge on any atom is 0.287 e. The molecular weight excluding hydrogens is 286 g/mol. The largest absolute Gasteiger partial charge is 0.451 e. The lowest BCUT2D eigenvalue weighted by Crippen LogP contribution is -2.26. The van der Waals surface area contributed by atoms with Gasteiger partial charge in [-0.1, -0.05) is 30.3 Å². The van der Waals surface area contributed by atoms with E-state index in [4.69, 9.17) is 4.42 Å². The van der Waals surface area contributed by atoms with Gasteiger partial charge in [0.15, 0.2) is 5.76 Å². The fourth-order valence-electron chi connectivity index (χ4n) is 2.89. The normalized spacial score (nSPS) is 12.3. The third-order valence-electron chi connectivity index (χ3n) is 4.35. The highest BCUT2D eigenvalue weighted by molar-refractivity contribution is 5.96. The van der Waals surface area contributed by atoms with Crippen LogP contribution in [0.2, 0.25) is 0 Å². The van der Waals surface area contributed by atoms with Crippen LogP contribution in [0.25, 0.3) is 11.0 Å². The number of hydrogen-bond donors (Lipinski definition) is 1. The number of amides is 1. The minimum atomic E-state index is -0.189. The Hall–Kier alpha value is -2.55. The number of fused-ring (bicyclic) bond motifs is 1. The van der Waals surface area contributed by atoms with Gasteiger partial charge in [0.05, 0.1) is 6.04 Å². The second-order valence-corrected chi connectivity index (χ2v) is 6.14. The van der Waals surface area contributed by atoms with Crippen LogP contribution in [0.5, 0.6) is 0 Å². The molecule has 0 saturated heterocycles. The van der Waals surface area contributed by atoms with Crippen molar-refractivity contribution in [1.29, 1.82) is 0 Å². The first kappa shape index (κ1) is 15.3. The number of carbonyl (C=O) groups is 1. The molecule has 3 aromatic rings. The van der Waals surface area contributed by atoms with Crippen molar-refractivity contribution in [1.82, 2.24) is 5.32 Å². The summed E-state index contributed by atoms with van der Waals surface area (Å²) in [5, 5.41) is 3.97. The molecule has 1 aromatic heterocycles. The Kier molecular flexibility index (Phi) is 3.95. The molecule has 1 atom stereocenters. The monoisotopic (exact) mass is 307 g/mol. The summed E-state index contributed by atoms with van der Waals surface area (Å²) >= 11 is 0. The molecule has 0 aliphatic heterocycles. The fourth-order valence-corrected chi connectivity index (χ4v) is 2.89. The van der Waals surface area contributed by atoms with E-state index in [0.29, 0.717) is 5.76 Å². The molecule has 0 aliphatic carbocycles. The number of benzene rings is 2. The molecule has 3 heteroatoms. The van der Waals surface area contributed by atoms with Crippen molar-refractivity contribution in [2.75, 3.05) is 0 Å². The van der Waals surface area contributed by atoms with E-state index >= 15 is 0 Å². The van der Waals surface area contributed by atoms with E-state index in [2.05, 4.69) is 38.2 Å². The Morgan fingerprint density at radius 2 is 1.70 bits per heavy atom. The highest BCUT2D eigenvalue weighted by Gasteiger charge is 2.17. The Balaban J connectivity index is 1.83. The lowest BCUT2D eigenvalue weighted by atomic mass is 9.96. The predicted octanol–water partition coefficient (Wildman–Crippen LogP) is 4.85. The molecule has 0 radical (unpaired) electrons. The van der Waals surface area contributed by atoms with Crippen LogP contribution in [0.4, 0.5) is 0 Å². The van der Waals surface area contributed by atoms with Crippen LogP contribution in [0.3, 0.4) is 0 Å². The van der Waals surface area contributed by atoms with Gasteiger partial charge in [0.2, 0.25) is 0 Å². The highest BCUT2D eigenvalue weighted by Crippen LogP contribution is 2.23. The quantitative estimate of drug-likeness (QED) is 0.751. The molecule has 0 saturated carbocycles. The number of para-hydroxylation sites is 1. The molecule has 1 heterocycles. The summed E-state index contributed by atoms with van der Waals surface area (Å²) in [5.41, 5.74) is 5.55. The average molecular weight is 307 g/mol. The topological polar surface area (TPSA) is 42.2 Å². The maximum atomic E-state index is 12.5. The standard InChI is InChI=1S/C20H21NO2/c1-12-9-14(3)17(10-13(12)2)15(4)21-20(22)19-11-16-7-5-6-8-18(16)23-19/h5-11,15H,1-4H3,(H,21,22)/t15-/m0/s1. The molecular formula is C20H21NO2. The molecule has 2 aromatic carbocycles. The van der Waals surface area contributed by atoms with E-state index in [9.17, 15) is 4.79 Å². The number of nitrogens with one attached hydrogen (secondary N) is 1. The predicted molar refractivity (Wildman–Crippen MR) is 92.7 cm³/mol. The van der Waals surface area contributed by atoms with Crippen LogP contribution >= 0.6 is 0 Å². The van der Waals surface area contributed by atoms with Crippen molar-refractivity contribution in [3.8, 4) is 0 Å². The Bertz CT molecular complexity index is 843. The molecule has 3 nitrogen and oxygen atoms in total. The van der Waals surface area contributed by atoms with E-state index in [-0.39, 0.29) is 11.9 Å². The van der Waals surface area contributed by atoms with E-state index in [1.54, 1.807) is 6.07 Å². The number of furan rings is 1. The molecule has 1 N–H and O–H groups in total. The molecule has 23 heavy (non-hydrogen) atoms. The van der Waals surface area contributed by atoms with Crippen LogP contribution in [0.1, 0.15) is 45.8 Å². The van der Waals surface area contributed by atoms with Crippen LogP contribution in [0, 0.1) is 20.8 Å². The van der Waals surface area contributed by atoms with Gasteiger partial charge in [-0.3, -0.25) is 4.79 Å². The molecule has 0 spiro atoms. The highest BCUT2D eigenvalue weighted by atomic mass is 16.3. The van der Waals surface area contributed by atoms with Crippen LogP contribution in [-0.4, -0.2) is 5.91 Å². The Morgan fingerprint density at radius 3 is 2.43 bits per heavy atom. The average Bonchev–Trinajstić information content (AvgIpc) is 2.95. The number of carbonyl (C=O) groups excluding carboxylic acids is 1. The van der Waals surface area contributed by atoms with Gasteiger partial charge < -0.3 is 9.73 Å². The zero-order valence-corrected chi connectivity index (χ0v) is 13.9. The van der Waals surface area contributed by atoms with Crippen molar-refractivity contribution >= 4 is 16.9 Å². The van der Waals surface area contributed by atoms with Crippen molar-refractivity contribution in [3.05, 3.63) is 70.5 Å².